The molecule has 4 heteroatoms. The zero-order valence-corrected chi connectivity index (χ0v) is 12.7. The first-order valence-corrected chi connectivity index (χ1v) is 6.67. The number of hydrogen-bond donors (Lipinski definition) is 0. The van der Waals surface area contributed by atoms with Crippen molar-refractivity contribution in [2.24, 2.45) is 0 Å². The zero-order valence-electron chi connectivity index (χ0n) is 10.4. The van der Waals surface area contributed by atoms with Crippen LogP contribution in [-0.4, -0.2) is 11.6 Å². The standard InChI is InChI=1S/C13H16BrClO2/c1-8(14)9-5-6-10(11(15)7-9)12(16)17-13(2,3)4/h5-8H,1-4H3. The van der Waals surface area contributed by atoms with E-state index in [4.69, 9.17) is 16.3 Å². The van der Waals surface area contributed by atoms with Gasteiger partial charge < -0.3 is 4.74 Å². The van der Waals surface area contributed by atoms with E-state index in [0.717, 1.165) is 5.56 Å². The summed E-state index contributed by atoms with van der Waals surface area (Å²) in [6, 6.07) is 5.34. The average Bonchev–Trinajstić information content (AvgIpc) is 2.14. The molecule has 1 aromatic rings. The average molecular weight is 320 g/mol. The monoisotopic (exact) mass is 318 g/mol. The maximum atomic E-state index is 11.8. The Labute approximate surface area is 115 Å². The van der Waals surface area contributed by atoms with Crippen molar-refractivity contribution in [3.8, 4) is 0 Å². The molecule has 17 heavy (non-hydrogen) atoms. The lowest BCUT2D eigenvalue weighted by Crippen LogP contribution is -2.24. The number of ether oxygens (including phenoxy) is 1. The molecule has 1 aromatic carbocycles. The Balaban J connectivity index is 2.96. The summed E-state index contributed by atoms with van der Waals surface area (Å²) in [6.45, 7) is 7.48. The minimum absolute atomic E-state index is 0.202. The highest BCUT2D eigenvalue weighted by Gasteiger charge is 2.20. The quantitative estimate of drug-likeness (QED) is 0.581. The van der Waals surface area contributed by atoms with Crippen LogP contribution in [0.4, 0.5) is 0 Å². The summed E-state index contributed by atoms with van der Waals surface area (Å²) in [4.78, 5) is 12.0. The Hall–Kier alpha value is -0.540. The van der Waals surface area contributed by atoms with Crippen LogP contribution >= 0.6 is 27.5 Å². The maximum Gasteiger partial charge on any atom is 0.340 e. The van der Waals surface area contributed by atoms with Crippen molar-refractivity contribution in [1.29, 1.82) is 0 Å². The van der Waals surface area contributed by atoms with Gasteiger partial charge in [0.15, 0.2) is 0 Å². The number of benzene rings is 1. The summed E-state index contributed by atoms with van der Waals surface area (Å²) in [5.41, 5.74) is 0.919. The van der Waals surface area contributed by atoms with Gasteiger partial charge in [0.2, 0.25) is 0 Å². The molecule has 0 spiro atoms. The van der Waals surface area contributed by atoms with Crippen LogP contribution in [0, 0.1) is 0 Å². The Morgan fingerprint density at radius 3 is 2.41 bits per heavy atom. The van der Waals surface area contributed by atoms with E-state index in [1.807, 2.05) is 33.8 Å². The van der Waals surface area contributed by atoms with Gasteiger partial charge >= 0.3 is 5.97 Å². The molecule has 0 fully saturated rings. The molecule has 0 amide bonds. The Kier molecular flexibility index (Phi) is 4.62. The molecule has 0 N–H and O–H groups in total. The molecule has 0 aromatic heterocycles. The van der Waals surface area contributed by atoms with Crippen LogP contribution in [0.15, 0.2) is 18.2 Å². The summed E-state index contributed by atoms with van der Waals surface area (Å²) < 4.78 is 5.27. The highest BCUT2D eigenvalue weighted by atomic mass is 79.9. The highest BCUT2D eigenvalue weighted by molar-refractivity contribution is 9.09. The van der Waals surface area contributed by atoms with Crippen molar-refractivity contribution in [3.05, 3.63) is 34.3 Å². The second-order valence-corrected chi connectivity index (χ2v) is 6.64. The second-order valence-electron chi connectivity index (χ2n) is 4.86. The predicted molar refractivity (Wildman–Crippen MR) is 74.0 cm³/mol. The van der Waals surface area contributed by atoms with E-state index >= 15 is 0 Å². The van der Waals surface area contributed by atoms with Crippen molar-refractivity contribution >= 4 is 33.5 Å². The van der Waals surface area contributed by atoms with Gasteiger partial charge in [-0.1, -0.05) is 33.6 Å². The molecular weight excluding hydrogens is 303 g/mol. The molecule has 2 nitrogen and oxygen atoms in total. The molecule has 0 aliphatic heterocycles. The molecule has 0 radical (unpaired) electrons. The third-order valence-electron chi connectivity index (χ3n) is 2.07. The fourth-order valence-corrected chi connectivity index (χ4v) is 1.83. The van der Waals surface area contributed by atoms with E-state index in [1.165, 1.54) is 0 Å². The largest absolute Gasteiger partial charge is 0.456 e. The van der Waals surface area contributed by atoms with Gasteiger partial charge in [0.05, 0.1) is 10.6 Å². The van der Waals surface area contributed by atoms with Crippen LogP contribution in [0.3, 0.4) is 0 Å². The van der Waals surface area contributed by atoms with Gasteiger partial charge in [-0.3, -0.25) is 0 Å². The molecule has 1 unspecified atom stereocenters. The Bertz CT molecular complexity index is 422. The molecule has 0 aliphatic carbocycles. The first-order chi connectivity index (χ1) is 7.70. The predicted octanol–water partition coefficient (Wildman–Crippen LogP) is 4.75. The van der Waals surface area contributed by atoms with Gasteiger partial charge in [-0.2, -0.15) is 0 Å². The summed E-state index contributed by atoms with van der Waals surface area (Å²) in [5.74, 6) is -0.392. The minimum Gasteiger partial charge on any atom is -0.456 e. The highest BCUT2D eigenvalue weighted by Crippen LogP contribution is 2.27. The first-order valence-electron chi connectivity index (χ1n) is 5.37. The van der Waals surface area contributed by atoms with Crippen LogP contribution in [0.2, 0.25) is 5.02 Å². The molecule has 0 heterocycles. The molecule has 94 valence electrons. The summed E-state index contributed by atoms with van der Waals surface area (Å²) >= 11 is 9.53. The van der Waals surface area contributed by atoms with E-state index in [1.54, 1.807) is 12.1 Å². The van der Waals surface area contributed by atoms with Crippen molar-refractivity contribution in [1.82, 2.24) is 0 Å². The van der Waals surface area contributed by atoms with Gasteiger partial charge in [-0.15, -0.1) is 0 Å². The molecular formula is C13H16BrClO2. The summed E-state index contributed by atoms with van der Waals surface area (Å²) in [7, 11) is 0. The smallest absolute Gasteiger partial charge is 0.340 e. The van der Waals surface area contributed by atoms with Gasteiger partial charge in [0.1, 0.15) is 5.60 Å². The number of rotatable bonds is 2. The topological polar surface area (TPSA) is 26.3 Å². The number of esters is 1. The van der Waals surface area contributed by atoms with Crippen molar-refractivity contribution < 1.29 is 9.53 Å². The molecule has 1 atom stereocenters. The molecule has 1 rings (SSSR count). The Morgan fingerprint density at radius 2 is 2.00 bits per heavy atom. The van der Waals surface area contributed by atoms with Gasteiger partial charge in [-0.05, 0) is 45.4 Å². The van der Waals surface area contributed by atoms with E-state index in [-0.39, 0.29) is 4.83 Å². The van der Waals surface area contributed by atoms with Crippen LogP contribution in [0.25, 0.3) is 0 Å². The molecule has 0 aliphatic rings. The lowest BCUT2D eigenvalue weighted by Gasteiger charge is -2.20. The number of carbonyl (C=O) groups is 1. The number of halogens is 2. The minimum atomic E-state index is -0.512. The number of alkyl halides is 1. The van der Waals surface area contributed by atoms with Crippen LogP contribution in [0.5, 0.6) is 0 Å². The van der Waals surface area contributed by atoms with Crippen LogP contribution in [0.1, 0.15) is 48.4 Å². The van der Waals surface area contributed by atoms with E-state index < -0.39 is 11.6 Å². The van der Waals surface area contributed by atoms with Gasteiger partial charge in [0.25, 0.3) is 0 Å². The third-order valence-corrected chi connectivity index (χ3v) is 2.91. The maximum absolute atomic E-state index is 11.8. The van der Waals surface area contributed by atoms with Gasteiger partial charge in [-0.25, -0.2) is 4.79 Å². The first kappa shape index (κ1) is 14.5. The van der Waals surface area contributed by atoms with Crippen LogP contribution in [-0.2, 0) is 4.74 Å². The molecule has 0 bridgehead atoms. The van der Waals surface area contributed by atoms with E-state index in [2.05, 4.69) is 15.9 Å². The fraction of sp³-hybridized carbons (Fsp3) is 0.462. The normalized spacial score (nSPS) is 13.3. The second kappa shape index (κ2) is 5.40. The third kappa shape index (κ3) is 4.32. The molecule has 0 saturated heterocycles. The lowest BCUT2D eigenvalue weighted by atomic mass is 10.1. The van der Waals surface area contributed by atoms with Gasteiger partial charge in [0, 0.05) is 4.83 Å². The van der Waals surface area contributed by atoms with Crippen molar-refractivity contribution in [2.45, 2.75) is 38.1 Å². The number of hydrogen-bond acceptors (Lipinski definition) is 2. The lowest BCUT2D eigenvalue weighted by molar-refractivity contribution is 0.00698. The zero-order chi connectivity index (χ0) is 13.2. The van der Waals surface area contributed by atoms with Crippen molar-refractivity contribution in [3.63, 3.8) is 0 Å². The molecule has 0 saturated carbocycles. The summed E-state index contributed by atoms with van der Waals surface area (Å²) in [6.07, 6.45) is 0. The summed E-state index contributed by atoms with van der Waals surface area (Å²) in [5, 5.41) is 0.419. The van der Waals surface area contributed by atoms with E-state index in [0.29, 0.717) is 10.6 Å². The SMILES string of the molecule is CC(Br)c1ccc(C(=O)OC(C)(C)C)c(Cl)c1. The Morgan fingerprint density at radius 1 is 1.41 bits per heavy atom. The van der Waals surface area contributed by atoms with Crippen molar-refractivity contribution in [2.75, 3.05) is 0 Å². The fourth-order valence-electron chi connectivity index (χ4n) is 1.28. The van der Waals surface area contributed by atoms with Crippen LogP contribution < -0.4 is 0 Å². The number of carbonyl (C=O) groups excluding carboxylic acids is 1. The van der Waals surface area contributed by atoms with E-state index in [9.17, 15) is 4.79 Å².